The van der Waals surface area contributed by atoms with Gasteiger partial charge in [0.2, 0.25) is 0 Å². The first-order valence-electron chi connectivity index (χ1n) is 5.71. The summed E-state index contributed by atoms with van der Waals surface area (Å²) >= 11 is 0. The number of rotatable bonds is 7. The fourth-order valence-electron chi connectivity index (χ4n) is 1.45. The average Bonchev–Trinajstić information content (AvgIpc) is 2.29. The minimum atomic E-state index is -0.0792. The van der Waals surface area contributed by atoms with Gasteiger partial charge in [0, 0.05) is 26.0 Å². The number of aromatic nitrogens is 2. The van der Waals surface area contributed by atoms with Gasteiger partial charge in [0.05, 0.1) is 0 Å². The fourth-order valence-corrected chi connectivity index (χ4v) is 1.45. The van der Waals surface area contributed by atoms with Crippen molar-refractivity contribution in [2.24, 2.45) is 12.8 Å². The summed E-state index contributed by atoms with van der Waals surface area (Å²) in [7, 11) is 1.72. The van der Waals surface area contributed by atoms with Crippen molar-refractivity contribution in [1.29, 1.82) is 0 Å². The van der Waals surface area contributed by atoms with Gasteiger partial charge in [-0.2, -0.15) is 0 Å². The van der Waals surface area contributed by atoms with E-state index in [9.17, 15) is 4.79 Å². The summed E-state index contributed by atoms with van der Waals surface area (Å²) in [6.07, 6.45) is 7.67. The van der Waals surface area contributed by atoms with Crippen LogP contribution in [0.4, 0.5) is 5.82 Å². The van der Waals surface area contributed by atoms with Crippen LogP contribution in [0.5, 0.6) is 0 Å². The highest BCUT2D eigenvalue weighted by molar-refractivity contribution is 5.30. The molecular weight excluding hydrogens is 204 g/mol. The van der Waals surface area contributed by atoms with E-state index >= 15 is 0 Å². The van der Waals surface area contributed by atoms with Crippen LogP contribution in [0.1, 0.15) is 25.7 Å². The number of unbranched alkanes of at least 4 members (excludes halogenated alkanes) is 3. The smallest absolute Gasteiger partial charge is 0.293 e. The molecule has 0 fully saturated rings. The Kier molecular flexibility index (Phi) is 5.56. The number of anilines is 1. The molecule has 0 aliphatic carbocycles. The average molecular weight is 224 g/mol. The Labute approximate surface area is 95.7 Å². The van der Waals surface area contributed by atoms with Gasteiger partial charge in [-0.1, -0.05) is 12.8 Å². The molecule has 3 N–H and O–H groups in total. The first kappa shape index (κ1) is 12.7. The van der Waals surface area contributed by atoms with Crippen LogP contribution in [0.25, 0.3) is 0 Å². The molecule has 0 aromatic carbocycles. The second-order valence-electron chi connectivity index (χ2n) is 3.82. The van der Waals surface area contributed by atoms with E-state index in [1.165, 1.54) is 4.57 Å². The largest absolute Gasteiger partial charge is 0.365 e. The van der Waals surface area contributed by atoms with Crippen LogP contribution in [0, 0.1) is 0 Å². The third kappa shape index (κ3) is 4.02. The molecule has 1 aromatic heterocycles. The van der Waals surface area contributed by atoms with Crippen LogP contribution < -0.4 is 16.6 Å². The van der Waals surface area contributed by atoms with Crippen molar-refractivity contribution in [1.82, 2.24) is 9.55 Å². The van der Waals surface area contributed by atoms with Crippen LogP contribution in [0.15, 0.2) is 17.2 Å². The first-order valence-corrected chi connectivity index (χ1v) is 5.71. The van der Waals surface area contributed by atoms with Crippen LogP contribution >= 0.6 is 0 Å². The summed E-state index contributed by atoms with van der Waals surface area (Å²) in [5.74, 6) is 0.434. The van der Waals surface area contributed by atoms with E-state index in [-0.39, 0.29) is 5.56 Å². The second kappa shape index (κ2) is 7.00. The number of hydrogen-bond acceptors (Lipinski definition) is 4. The van der Waals surface area contributed by atoms with E-state index in [0.29, 0.717) is 5.82 Å². The summed E-state index contributed by atoms with van der Waals surface area (Å²) < 4.78 is 1.52. The van der Waals surface area contributed by atoms with Gasteiger partial charge in [0.25, 0.3) is 5.56 Å². The van der Waals surface area contributed by atoms with Crippen LogP contribution in [0.2, 0.25) is 0 Å². The zero-order valence-corrected chi connectivity index (χ0v) is 9.78. The van der Waals surface area contributed by atoms with Crippen molar-refractivity contribution in [2.75, 3.05) is 18.4 Å². The third-order valence-electron chi connectivity index (χ3n) is 2.44. The minimum absolute atomic E-state index is 0.0792. The van der Waals surface area contributed by atoms with Crippen molar-refractivity contribution in [3.8, 4) is 0 Å². The van der Waals surface area contributed by atoms with Crippen LogP contribution in [-0.4, -0.2) is 22.6 Å². The van der Waals surface area contributed by atoms with Crippen molar-refractivity contribution < 1.29 is 0 Å². The molecule has 5 nitrogen and oxygen atoms in total. The van der Waals surface area contributed by atoms with Gasteiger partial charge in [0.1, 0.15) is 0 Å². The molecule has 1 rings (SSSR count). The third-order valence-corrected chi connectivity index (χ3v) is 2.44. The van der Waals surface area contributed by atoms with Gasteiger partial charge in [0.15, 0.2) is 5.82 Å². The van der Waals surface area contributed by atoms with Crippen molar-refractivity contribution in [3.63, 3.8) is 0 Å². The lowest BCUT2D eigenvalue weighted by molar-refractivity contribution is 0.660. The van der Waals surface area contributed by atoms with E-state index in [2.05, 4.69) is 10.3 Å². The zero-order chi connectivity index (χ0) is 11.8. The van der Waals surface area contributed by atoms with E-state index in [0.717, 1.165) is 38.8 Å². The fraction of sp³-hybridized carbons (Fsp3) is 0.636. The molecule has 0 saturated carbocycles. The molecule has 0 aliphatic heterocycles. The standard InChI is InChI=1S/C11H20N4O/c1-15-9-8-14-10(11(15)16)13-7-5-3-2-4-6-12/h8-9H,2-7,12H2,1H3,(H,13,14). The number of nitrogens with two attached hydrogens (primary N) is 1. The minimum Gasteiger partial charge on any atom is -0.365 e. The maximum absolute atomic E-state index is 11.6. The Morgan fingerprint density at radius 1 is 1.38 bits per heavy atom. The van der Waals surface area contributed by atoms with Crippen molar-refractivity contribution in [2.45, 2.75) is 25.7 Å². The van der Waals surface area contributed by atoms with Gasteiger partial charge in [-0.05, 0) is 19.4 Å². The summed E-state index contributed by atoms with van der Waals surface area (Å²) in [6, 6.07) is 0. The molecule has 0 unspecified atom stereocenters. The molecule has 1 aromatic rings. The maximum atomic E-state index is 11.6. The lowest BCUT2D eigenvalue weighted by Gasteiger charge is -2.05. The van der Waals surface area contributed by atoms with Crippen LogP contribution in [0.3, 0.4) is 0 Å². The SMILES string of the molecule is Cn1ccnc(NCCCCCCN)c1=O. The first-order chi connectivity index (χ1) is 7.75. The zero-order valence-electron chi connectivity index (χ0n) is 9.78. The molecule has 0 spiro atoms. The van der Waals surface area contributed by atoms with Crippen molar-refractivity contribution in [3.05, 3.63) is 22.7 Å². The number of nitrogens with zero attached hydrogens (tertiary/aromatic N) is 2. The second-order valence-corrected chi connectivity index (χ2v) is 3.82. The number of hydrogen-bond donors (Lipinski definition) is 2. The normalized spacial score (nSPS) is 10.4. The predicted molar refractivity (Wildman–Crippen MR) is 65.5 cm³/mol. The van der Waals surface area contributed by atoms with Gasteiger partial charge in [-0.15, -0.1) is 0 Å². The molecule has 0 amide bonds. The Hall–Kier alpha value is -1.36. The van der Waals surface area contributed by atoms with Gasteiger partial charge in [-0.25, -0.2) is 4.98 Å². The van der Waals surface area contributed by atoms with E-state index < -0.39 is 0 Å². The maximum Gasteiger partial charge on any atom is 0.293 e. The molecule has 1 heterocycles. The summed E-state index contributed by atoms with van der Waals surface area (Å²) in [4.78, 5) is 15.6. The topological polar surface area (TPSA) is 72.9 Å². The quantitative estimate of drug-likeness (QED) is 0.669. The molecule has 16 heavy (non-hydrogen) atoms. The lowest BCUT2D eigenvalue weighted by Crippen LogP contribution is -2.22. The Morgan fingerprint density at radius 3 is 2.88 bits per heavy atom. The van der Waals surface area contributed by atoms with Crippen molar-refractivity contribution >= 4 is 5.82 Å². The van der Waals surface area contributed by atoms with E-state index in [1.54, 1.807) is 19.4 Å². The molecule has 0 bridgehead atoms. The van der Waals surface area contributed by atoms with Gasteiger partial charge < -0.3 is 15.6 Å². The van der Waals surface area contributed by atoms with Gasteiger partial charge >= 0.3 is 0 Å². The Balaban J connectivity index is 2.27. The predicted octanol–water partition coefficient (Wildman–Crippen LogP) is 0.711. The highest BCUT2D eigenvalue weighted by atomic mass is 16.1. The lowest BCUT2D eigenvalue weighted by atomic mass is 10.2. The highest BCUT2D eigenvalue weighted by Gasteiger charge is 2.00. The molecule has 90 valence electrons. The molecule has 0 radical (unpaired) electrons. The summed E-state index contributed by atoms with van der Waals surface area (Å²) in [5.41, 5.74) is 5.32. The summed E-state index contributed by atoms with van der Waals surface area (Å²) in [5, 5.41) is 3.05. The van der Waals surface area contributed by atoms with E-state index in [1.807, 2.05) is 0 Å². The summed E-state index contributed by atoms with van der Waals surface area (Å²) in [6.45, 7) is 1.55. The molecule has 5 heteroatoms. The molecule has 0 aliphatic rings. The highest BCUT2D eigenvalue weighted by Crippen LogP contribution is 1.99. The van der Waals surface area contributed by atoms with Crippen LogP contribution in [-0.2, 0) is 7.05 Å². The molecule has 0 atom stereocenters. The molecule has 0 saturated heterocycles. The Bertz CT molecular complexity index is 361. The van der Waals surface area contributed by atoms with Gasteiger partial charge in [-0.3, -0.25) is 4.79 Å². The monoisotopic (exact) mass is 224 g/mol. The number of nitrogens with one attached hydrogen (secondary N) is 1. The molecular formula is C11H20N4O. The Morgan fingerprint density at radius 2 is 2.12 bits per heavy atom. The van der Waals surface area contributed by atoms with E-state index in [4.69, 9.17) is 5.73 Å². The number of aryl methyl sites for hydroxylation is 1.